The molecule has 6 heteroatoms. The molecule has 0 fully saturated rings. The summed E-state index contributed by atoms with van der Waals surface area (Å²) in [4.78, 5) is 21.4. The van der Waals surface area contributed by atoms with Gasteiger partial charge in [0, 0.05) is 17.0 Å². The monoisotopic (exact) mass is 241 g/mol. The first-order valence-corrected chi connectivity index (χ1v) is 5.56. The summed E-state index contributed by atoms with van der Waals surface area (Å²) in [5.74, 6) is -0.904. The number of carbonyl (C=O) groups is 1. The third-order valence-electron chi connectivity index (χ3n) is 1.95. The lowest BCUT2D eigenvalue weighted by Crippen LogP contribution is -2.14. The maximum atomic E-state index is 10.8. The number of thioether (sulfide) groups is 1. The largest absolute Gasteiger partial charge is 0.480 e. The quantitative estimate of drug-likeness (QED) is 0.486. The third-order valence-corrected chi connectivity index (χ3v) is 3.30. The molecular formula is C10H11NO4S. The Balaban J connectivity index is 2.84. The number of carboxylic acids is 1. The van der Waals surface area contributed by atoms with Crippen LogP contribution in [0.4, 0.5) is 5.69 Å². The van der Waals surface area contributed by atoms with Gasteiger partial charge in [0.25, 0.3) is 5.69 Å². The summed E-state index contributed by atoms with van der Waals surface area (Å²) in [6, 6.07) is 5.99. The van der Waals surface area contributed by atoms with Crippen LogP contribution < -0.4 is 0 Å². The first-order valence-electron chi connectivity index (χ1n) is 4.68. The Kier molecular flexibility index (Phi) is 4.30. The Morgan fingerprint density at radius 3 is 2.81 bits per heavy atom. The summed E-state index contributed by atoms with van der Waals surface area (Å²) in [6.07, 6.45) is 0.475. The van der Waals surface area contributed by atoms with Gasteiger partial charge in [-0.2, -0.15) is 0 Å². The van der Waals surface area contributed by atoms with Crippen molar-refractivity contribution >= 4 is 23.4 Å². The lowest BCUT2D eigenvalue weighted by Gasteiger charge is -2.08. The van der Waals surface area contributed by atoms with Crippen molar-refractivity contribution in [3.05, 3.63) is 34.4 Å². The highest BCUT2D eigenvalue weighted by atomic mass is 32.2. The molecule has 0 aromatic heterocycles. The minimum atomic E-state index is -0.904. The van der Waals surface area contributed by atoms with Crippen LogP contribution in [0.25, 0.3) is 0 Å². The van der Waals surface area contributed by atoms with Gasteiger partial charge in [-0.05, 0) is 12.5 Å². The van der Waals surface area contributed by atoms with E-state index in [0.29, 0.717) is 11.3 Å². The van der Waals surface area contributed by atoms with E-state index in [-0.39, 0.29) is 5.69 Å². The molecule has 0 aliphatic heterocycles. The summed E-state index contributed by atoms with van der Waals surface area (Å²) >= 11 is 1.12. The number of hydrogen-bond acceptors (Lipinski definition) is 4. The molecule has 1 N–H and O–H groups in total. The maximum absolute atomic E-state index is 10.8. The fourth-order valence-corrected chi connectivity index (χ4v) is 2.08. The molecule has 0 spiro atoms. The van der Waals surface area contributed by atoms with Gasteiger partial charge in [-0.25, -0.2) is 0 Å². The van der Waals surface area contributed by atoms with E-state index in [2.05, 4.69) is 0 Å². The number of non-ortho nitro benzene ring substituents is 1. The highest BCUT2D eigenvalue weighted by Crippen LogP contribution is 2.28. The normalized spacial score (nSPS) is 12.1. The molecule has 1 atom stereocenters. The predicted molar refractivity (Wildman–Crippen MR) is 60.7 cm³/mol. The van der Waals surface area contributed by atoms with Gasteiger partial charge in [0.05, 0.1) is 4.92 Å². The van der Waals surface area contributed by atoms with E-state index in [9.17, 15) is 14.9 Å². The molecule has 0 saturated carbocycles. The minimum Gasteiger partial charge on any atom is -0.480 e. The zero-order valence-electron chi connectivity index (χ0n) is 8.62. The zero-order valence-corrected chi connectivity index (χ0v) is 9.44. The van der Waals surface area contributed by atoms with Gasteiger partial charge in [0.1, 0.15) is 5.25 Å². The molecule has 1 aromatic carbocycles. The highest BCUT2D eigenvalue weighted by molar-refractivity contribution is 8.00. The lowest BCUT2D eigenvalue weighted by atomic mass is 10.3. The van der Waals surface area contributed by atoms with Crippen molar-refractivity contribution in [2.24, 2.45) is 0 Å². The summed E-state index contributed by atoms with van der Waals surface area (Å²) in [6.45, 7) is 1.77. The van der Waals surface area contributed by atoms with E-state index in [1.165, 1.54) is 12.1 Å². The Bertz CT molecular complexity index is 408. The van der Waals surface area contributed by atoms with Crippen LogP contribution in [0.15, 0.2) is 29.2 Å². The summed E-state index contributed by atoms with van der Waals surface area (Å²) in [5.41, 5.74) is -0.0229. The molecule has 1 rings (SSSR count). The van der Waals surface area contributed by atoms with E-state index in [1.807, 2.05) is 0 Å². The van der Waals surface area contributed by atoms with Crippen molar-refractivity contribution in [2.75, 3.05) is 0 Å². The number of benzene rings is 1. The van der Waals surface area contributed by atoms with Crippen LogP contribution in [0, 0.1) is 10.1 Å². The molecule has 0 saturated heterocycles. The lowest BCUT2D eigenvalue weighted by molar-refractivity contribution is -0.385. The molecule has 1 unspecified atom stereocenters. The number of rotatable bonds is 5. The Hall–Kier alpha value is -1.56. The first kappa shape index (κ1) is 12.5. The Morgan fingerprint density at radius 1 is 1.62 bits per heavy atom. The molecule has 16 heavy (non-hydrogen) atoms. The second kappa shape index (κ2) is 5.50. The smallest absolute Gasteiger partial charge is 0.316 e. The number of nitrogens with zero attached hydrogens (tertiary/aromatic N) is 1. The third kappa shape index (κ3) is 3.23. The van der Waals surface area contributed by atoms with Crippen molar-refractivity contribution in [3.63, 3.8) is 0 Å². The average molecular weight is 241 g/mol. The number of aliphatic carboxylic acids is 1. The van der Waals surface area contributed by atoms with Crippen molar-refractivity contribution in [2.45, 2.75) is 23.5 Å². The van der Waals surface area contributed by atoms with Crippen molar-refractivity contribution < 1.29 is 14.8 Å². The molecule has 5 nitrogen and oxygen atoms in total. The Labute approximate surface area is 96.6 Å². The summed E-state index contributed by atoms with van der Waals surface area (Å²) in [5, 5.41) is 18.8. The van der Waals surface area contributed by atoms with Gasteiger partial charge >= 0.3 is 5.97 Å². The summed E-state index contributed by atoms with van der Waals surface area (Å²) < 4.78 is 0. The molecule has 0 radical (unpaired) electrons. The van der Waals surface area contributed by atoms with E-state index in [1.54, 1.807) is 19.1 Å². The van der Waals surface area contributed by atoms with Gasteiger partial charge in [-0.1, -0.05) is 13.0 Å². The maximum Gasteiger partial charge on any atom is 0.316 e. The number of carboxylic acid groups (broad SMARTS) is 1. The van der Waals surface area contributed by atoms with Crippen LogP contribution in [-0.2, 0) is 4.79 Å². The van der Waals surface area contributed by atoms with E-state index in [0.717, 1.165) is 11.8 Å². The van der Waals surface area contributed by atoms with E-state index < -0.39 is 16.1 Å². The van der Waals surface area contributed by atoms with E-state index in [4.69, 9.17) is 5.11 Å². The van der Waals surface area contributed by atoms with Crippen molar-refractivity contribution in [1.82, 2.24) is 0 Å². The van der Waals surface area contributed by atoms with Crippen LogP contribution in [0.5, 0.6) is 0 Å². The molecular weight excluding hydrogens is 230 g/mol. The van der Waals surface area contributed by atoms with Crippen LogP contribution in [-0.4, -0.2) is 21.2 Å². The molecule has 1 aromatic rings. The van der Waals surface area contributed by atoms with Gasteiger partial charge in [0.15, 0.2) is 0 Å². The number of nitro benzene ring substituents is 1. The van der Waals surface area contributed by atoms with Crippen LogP contribution in [0.3, 0.4) is 0 Å². The van der Waals surface area contributed by atoms with Crippen molar-refractivity contribution in [1.29, 1.82) is 0 Å². The zero-order chi connectivity index (χ0) is 12.1. The minimum absolute atomic E-state index is 0.0229. The molecule has 0 bridgehead atoms. The van der Waals surface area contributed by atoms with Gasteiger partial charge in [-0.15, -0.1) is 11.8 Å². The van der Waals surface area contributed by atoms with Crippen LogP contribution in [0.2, 0.25) is 0 Å². The number of hydrogen-bond donors (Lipinski definition) is 1. The fraction of sp³-hybridized carbons (Fsp3) is 0.300. The number of nitro groups is 1. The van der Waals surface area contributed by atoms with Gasteiger partial charge < -0.3 is 5.11 Å². The van der Waals surface area contributed by atoms with Gasteiger partial charge in [-0.3, -0.25) is 14.9 Å². The standard InChI is InChI=1S/C10H11NO4S/c1-2-9(10(12)13)16-8-5-3-4-7(6-8)11(14)15/h3-6,9H,2H2,1H3,(H,12,13). The second-order valence-corrected chi connectivity index (χ2v) is 4.38. The molecule has 0 heterocycles. The molecule has 0 aliphatic carbocycles. The fourth-order valence-electron chi connectivity index (χ4n) is 1.14. The first-order chi connectivity index (χ1) is 7.54. The summed E-state index contributed by atoms with van der Waals surface area (Å²) in [7, 11) is 0. The van der Waals surface area contributed by atoms with E-state index >= 15 is 0 Å². The molecule has 0 amide bonds. The average Bonchev–Trinajstić information content (AvgIpc) is 2.25. The topological polar surface area (TPSA) is 80.4 Å². The molecule has 86 valence electrons. The van der Waals surface area contributed by atoms with Crippen molar-refractivity contribution in [3.8, 4) is 0 Å². The van der Waals surface area contributed by atoms with Crippen LogP contribution in [0.1, 0.15) is 13.3 Å². The van der Waals surface area contributed by atoms with Gasteiger partial charge in [0.2, 0.25) is 0 Å². The predicted octanol–water partition coefficient (Wildman–Crippen LogP) is 2.55. The SMILES string of the molecule is CCC(Sc1cccc([N+](=O)[O-])c1)C(=O)O. The van der Waals surface area contributed by atoms with Crippen LogP contribution >= 0.6 is 11.8 Å². The second-order valence-electron chi connectivity index (χ2n) is 3.11. The highest BCUT2D eigenvalue weighted by Gasteiger charge is 2.17. The Morgan fingerprint density at radius 2 is 2.31 bits per heavy atom. The molecule has 0 aliphatic rings.